The van der Waals surface area contributed by atoms with Crippen LogP contribution < -0.4 is 10.6 Å². The van der Waals surface area contributed by atoms with Crippen molar-refractivity contribution in [1.29, 1.82) is 0 Å². The lowest BCUT2D eigenvalue weighted by molar-refractivity contribution is -0.145. The zero-order chi connectivity index (χ0) is 25.5. The Morgan fingerprint density at radius 1 is 1.15 bits per heavy atom. The quantitative estimate of drug-likeness (QED) is 0.114. The van der Waals surface area contributed by atoms with Crippen molar-refractivity contribution in [3.8, 4) is 5.75 Å². The second-order valence-corrected chi connectivity index (χ2v) is 8.50. The molecule has 1 unspecified atom stereocenters. The molecule has 0 saturated heterocycles. The van der Waals surface area contributed by atoms with E-state index >= 15 is 0 Å². The van der Waals surface area contributed by atoms with Gasteiger partial charge in [0.05, 0.1) is 31.1 Å². The van der Waals surface area contributed by atoms with Gasteiger partial charge in [-0.3, -0.25) is 14.4 Å². The van der Waals surface area contributed by atoms with Gasteiger partial charge < -0.3 is 30.7 Å². The molecule has 2 rings (SSSR count). The Bertz CT molecular complexity index is 959. The second kappa shape index (κ2) is 16.3. The Balaban J connectivity index is 0.000000342. The van der Waals surface area contributed by atoms with Crippen molar-refractivity contribution in [1.82, 2.24) is 5.32 Å². The molecule has 0 aliphatic rings. The highest BCUT2D eigenvalue weighted by Crippen LogP contribution is 2.27. The number of carbonyl (C=O) groups is 3. The third-order valence-electron chi connectivity index (χ3n) is 4.30. The summed E-state index contributed by atoms with van der Waals surface area (Å²) >= 11 is 7.77. The number of phenolic OH excluding ortho intramolecular Hbond substituents is 1. The molecule has 0 radical (unpaired) electrons. The van der Waals surface area contributed by atoms with E-state index in [-0.39, 0.29) is 30.4 Å². The normalized spacial score (nSPS) is 11.1. The van der Waals surface area contributed by atoms with Gasteiger partial charge in [0.1, 0.15) is 11.7 Å². The molecule has 11 heteroatoms. The van der Waals surface area contributed by atoms with Gasteiger partial charge in [-0.1, -0.05) is 37.1 Å². The highest BCUT2D eigenvalue weighted by Gasteiger charge is 2.25. The Morgan fingerprint density at radius 2 is 1.85 bits per heavy atom. The molecule has 0 aliphatic carbocycles. The average Bonchev–Trinajstić information content (AvgIpc) is 2.79. The van der Waals surface area contributed by atoms with E-state index in [2.05, 4.69) is 33.2 Å². The standard InChI is InChI=1S/C12H14ClNO4.C11H14INO3/c1-2-3-8(12(17)18)11(16)14-9-5-4-7(13)6-10(9)15;12-10-4-2-1-3-9(10)11(15)13-5-7-16-8-6-14/h4-6,8,15H,2-3H2,1H3,(H,14,16)(H,17,18);1-4,14H,5-8H2,(H,13,15). The van der Waals surface area contributed by atoms with Crippen molar-refractivity contribution in [3.05, 3.63) is 56.6 Å². The molecular formula is C23H28ClIN2O7. The number of phenols is 1. The van der Waals surface area contributed by atoms with E-state index in [1.807, 2.05) is 18.2 Å². The lowest BCUT2D eigenvalue weighted by Gasteiger charge is -2.12. The minimum Gasteiger partial charge on any atom is -0.506 e. The number of anilines is 1. The van der Waals surface area contributed by atoms with Gasteiger partial charge in [0.2, 0.25) is 5.91 Å². The summed E-state index contributed by atoms with van der Waals surface area (Å²) < 4.78 is 5.96. The van der Waals surface area contributed by atoms with Gasteiger partial charge in [0.15, 0.2) is 0 Å². The van der Waals surface area contributed by atoms with Crippen LogP contribution in [0.1, 0.15) is 30.1 Å². The maximum Gasteiger partial charge on any atom is 0.316 e. The predicted molar refractivity (Wildman–Crippen MR) is 137 cm³/mol. The van der Waals surface area contributed by atoms with Crippen LogP contribution in [0.5, 0.6) is 5.75 Å². The van der Waals surface area contributed by atoms with Crippen molar-refractivity contribution in [2.75, 3.05) is 31.7 Å². The van der Waals surface area contributed by atoms with Crippen LogP contribution in [0, 0.1) is 9.49 Å². The first-order valence-corrected chi connectivity index (χ1v) is 11.9. The maximum atomic E-state index is 11.7. The van der Waals surface area contributed by atoms with Crippen LogP contribution in [0.15, 0.2) is 42.5 Å². The Labute approximate surface area is 216 Å². The van der Waals surface area contributed by atoms with Crippen molar-refractivity contribution < 1.29 is 34.4 Å². The number of rotatable bonds is 11. The van der Waals surface area contributed by atoms with E-state index in [1.54, 1.807) is 13.0 Å². The Morgan fingerprint density at radius 3 is 2.44 bits per heavy atom. The molecule has 0 aliphatic heterocycles. The second-order valence-electron chi connectivity index (χ2n) is 6.90. The van der Waals surface area contributed by atoms with Crippen molar-refractivity contribution in [2.45, 2.75) is 19.8 Å². The Kier molecular flexibility index (Phi) is 14.2. The molecule has 5 N–H and O–H groups in total. The van der Waals surface area contributed by atoms with Gasteiger partial charge in [-0.25, -0.2) is 0 Å². The molecule has 34 heavy (non-hydrogen) atoms. The number of carbonyl (C=O) groups excluding carboxylic acids is 2. The van der Waals surface area contributed by atoms with Crippen LogP contribution in [0.25, 0.3) is 0 Å². The van der Waals surface area contributed by atoms with Crippen molar-refractivity contribution in [2.24, 2.45) is 5.92 Å². The van der Waals surface area contributed by atoms with E-state index in [1.165, 1.54) is 18.2 Å². The fourth-order valence-corrected chi connectivity index (χ4v) is 3.43. The number of carboxylic acid groups (broad SMARTS) is 1. The number of aliphatic carboxylic acids is 1. The van der Waals surface area contributed by atoms with Crippen molar-refractivity contribution in [3.63, 3.8) is 0 Å². The molecule has 2 aromatic rings. The molecule has 2 aromatic carbocycles. The number of aromatic hydroxyl groups is 1. The SMILES string of the molecule is CCCC(C(=O)O)C(=O)Nc1ccc(Cl)cc1O.O=C(NCCOCCO)c1ccccc1I. The third-order valence-corrected chi connectivity index (χ3v) is 5.47. The number of aliphatic hydroxyl groups is 1. The summed E-state index contributed by atoms with van der Waals surface area (Å²) in [6, 6.07) is 11.6. The van der Waals surface area contributed by atoms with Crippen molar-refractivity contribution >= 4 is 57.7 Å². The minimum atomic E-state index is -1.18. The number of benzene rings is 2. The monoisotopic (exact) mass is 606 g/mol. The summed E-state index contributed by atoms with van der Waals surface area (Å²) in [5, 5.41) is 32.4. The third kappa shape index (κ3) is 10.7. The minimum absolute atomic E-state index is 0.00449. The topological polar surface area (TPSA) is 145 Å². The van der Waals surface area contributed by atoms with Gasteiger partial charge in [0, 0.05) is 21.2 Å². The molecular weight excluding hydrogens is 579 g/mol. The molecule has 186 valence electrons. The summed E-state index contributed by atoms with van der Waals surface area (Å²) in [6.07, 6.45) is 0.826. The highest BCUT2D eigenvalue weighted by atomic mass is 127. The first kappa shape index (κ1) is 29.6. The fourth-order valence-electron chi connectivity index (χ4n) is 2.63. The number of amides is 2. The summed E-state index contributed by atoms with van der Waals surface area (Å²) in [4.78, 5) is 34.3. The van der Waals surface area contributed by atoms with Crippen LogP contribution in [0.4, 0.5) is 5.69 Å². The molecule has 9 nitrogen and oxygen atoms in total. The number of halogens is 2. The summed E-state index contributed by atoms with van der Waals surface area (Å²) in [7, 11) is 0. The van der Waals surface area contributed by atoms with Gasteiger partial charge in [-0.05, 0) is 53.3 Å². The van der Waals surface area contributed by atoms with Gasteiger partial charge >= 0.3 is 5.97 Å². The lowest BCUT2D eigenvalue weighted by atomic mass is 10.0. The zero-order valence-electron chi connectivity index (χ0n) is 18.6. The average molecular weight is 607 g/mol. The zero-order valence-corrected chi connectivity index (χ0v) is 21.5. The molecule has 0 bridgehead atoms. The number of carboxylic acids is 1. The van der Waals surface area contributed by atoms with Crippen LogP contribution in [-0.2, 0) is 14.3 Å². The number of hydrogen-bond donors (Lipinski definition) is 5. The first-order valence-electron chi connectivity index (χ1n) is 10.4. The number of hydrogen-bond acceptors (Lipinski definition) is 6. The molecule has 0 heterocycles. The number of ether oxygens (including phenoxy) is 1. The maximum absolute atomic E-state index is 11.7. The number of aliphatic hydroxyl groups excluding tert-OH is 1. The molecule has 0 fully saturated rings. The molecule has 0 saturated carbocycles. The first-order chi connectivity index (χ1) is 16.2. The summed E-state index contributed by atoms with van der Waals surface area (Å²) in [6.45, 7) is 2.96. The van der Waals surface area contributed by atoms with Crippen LogP contribution >= 0.6 is 34.2 Å². The van der Waals surface area contributed by atoms with E-state index in [0.29, 0.717) is 36.8 Å². The number of nitrogens with one attached hydrogen (secondary N) is 2. The van der Waals surface area contributed by atoms with E-state index < -0.39 is 17.8 Å². The van der Waals surface area contributed by atoms with E-state index in [4.69, 9.17) is 26.6 Å². The largest absolute Gasteiger partial charge is 0.506 e. The fraction of sp³-hybridized carbons (Fsp3) is 0.348. The molecule has 2 amide bonds. The van der Waals surface area contributed by atoms with Crippen LogP contribution in [-0.4, -0.2) is 59.5 Å². The molecule has 0 aromatic heterocycles. The van der Waals surface area contributed by atoms with Gasteiger partial charge in [0.25, 0.3) is 5.91 Å². The van der Waals surface area contributed by atoms with Gasteiger partial charge in [-0.2, -0.15) is 0 Å². The van der Waals surface area contributed by atoms with Gasteiger partial charge in [-0.15, -0.1) is 0 Å². The van der Waals surface area contributed by atoms with Crippen LogP contribution in [0.2, 0.25) is 5.02 Å². The Hall–Kier alpha value is -2.41. The summed E-state index contributed by atoms with van der Waals surface area (Å²) in [5.74, 6) is -3.25. The predicted octanol–water partition coefficient (Wildman–Crippen LogP) is 3.51. The van der Waals surface area contributed by atoms with E-state index in [9.17, 15) is 19.5 Å². The molecule has 1 atom stereocenters. The van der Waals surface area contributed by atoms with Crippen LogP contribution in [0.3, 0.4) is 0 Å². The smallest absolute Gasteiger partial charge is 0.316 e. The summed E-state index contributed by atoms with van der Waals surface area (Å²) in [5.41, 5.74) is 0.817. The molecule has 0 spiro atoms. The van der Waals surface area contributed by atoms with E-state index in [0.717, 1.165) is 3.57 Å². The highest BCUT2D eigenvalue weighted by molar-refractivity contribution is 14.1. The lowest BCUT2D eigenvalue weighted by Crippen LogP contribution is -2.29.